The van der Waals surface area contributed by atoms with Gasteiger partial charge < -0.3 is 14.0 Å². The quantitative estimate of drug-likeness (QED) is 0.481. The first-order valence-electron chi connectivity index (χ1n) is 10.4. The van der Waals surface area contributed by atoms with Crippen molar-refractivity contribution in [1.29, 1.82) is 0 Å². The Balaban J connectivity index is 3.11. The number of benzene rings is 1. The molecule has 0 bridgehead atoms. The molecule has 0 aliphatic carbocycles. The van der Waals surface area contributed by atoms with Gasteiger partial charge in [-0.15, -0.1) is 0 Å². The molecule has 0 unspecified atom stereocenters. The van der Waals surface area contributed by atoms with Crippen LogP contribution in [0.5, 0.6) is 0 Å². The Hall–Kier alpha value is -0.466. The van der Waals surface area contributed by atoms with Gasteiger partial charge in [0.15, 0.2) is 16.6 Å². The van der Waals surface area contributed by atoms with Gasteiger partial charge in [-0.3, -0.25) is 0 Å². The molecule has 5 heteroatoms. The Morgan fingerprint density at radius 1 is 0.679 bits per heavy atom. The molecule has 1 aromatic rings. The van der Waals surface area contributed by atoms with Crippen molar-refractivity contribution in [2.45, 2.75) is 110 Å². The lowest BCUT2D eigenvalue weighted by Crippen LogP contribution is -2.40. The largest absolute Gasteiger partial charge is 0.413 e. The molecular formula is C23H44O3Si2. The Morgan fingerprint density at radius 3 is 1.25 bits per heavy atom. The summed E-state index contributed by atoms with van der Waals surface area (Å²) < 4.78 is 12.9. The van der Waals surface area contributed by atoms with Crippen LogP contribution in [-0.4, -0.2) is 21.7 Å². The van der Waals surface area contributed by atoms with Gasteiger partial charge in [0.1, 0.15) is 0 Å². The minimum atomic E-state index is -1.83. The molecule has 0 atom stereocenters. The summed E-state index contributed by atoms with van der Waals surface area (Å²) in [5.74, 6) is 0. The summed E-state index contributed by atoms with van der Waals surface area (Å²) in [7, 11) is -3.66. The predicted molar refractivity (Wildman–Crippen MR) is 126 cm³/mol. The monoisotopic (exact) mass is 424 g/mol. The SMILES string of the molecule is CC(C)(O)c1cc(CO[Si](C)(C)C(C)(C)C)cc(CO[Si](C)(C)C(C)(C)C)c1. The molecule has 0 amide bonds. The van der Waals surface area contributed by atoms with Gasteiger partial charge in [-0.05, 0) is 66.8 Å². The molecule has 162 valence electrons. The fraction of sp³-hybridized carbons (Fsp3) is 0.739. The second-order valence-corrected chi connectivity index (χ2v) is 21.3. The molecule has 0 fully saturated rings. The summed E-state index contributed by atoms with van der Waals surface area (Å²) in [4.78, 5) is 0. The van der Waals surface area contributed by atoms with Crippen LogP contribution in [0.15, 0.2) is 18.2 Å². The molecule has 1 aromatic carbocycles. The fourth-order valence-electron chi connectivity index (χ4n) is 2.24. The zero-order chi connectivity index (χ0) is 22.2. The second-order valence-electron chi connectivity index (χ2n) is 11.7. The Kier molecular flexibility index (Phi) is 7.62. The molecule has 1 rings (SSSR count). The lowest BCUT2D eigenvalue weighted by atomic mass is 9.94. The average Bonchev–Trinajstić information content (AvgIpc) is 2.48. The number of hydrogen-bond donors (Lipinski definition) is 1. The van der Waals surface area contributed by atoms with E-state index < -0.39 is 22.2 Å². The van der Waals surface area contributed by atoms with Crippen LogP contribution in [0.2, 0.25) is 36.3 Å². The maximum absolute atomic E-state index is 10.6. The standard InChI is InChI=1S/C23H44O3Si2/c1-21(2,3)27(9,10)25-16-18-13-19(15-20(14-18)23(7,8)24)17-26-28(11,12)22(4,5)6/h13-15,24H,16-17H2,1-12H3. The number of aliphatic hydroxyl groups is 1. The zero-order valence-corrected chi connectivity index (χ0v) is 22.4. The van der Waals surface area contributed by atoms with Crippen LogP contribution < -0.4 is 0 Å². The molecule has 0 aliphatic rings. The summed E-state index contributed by atoms with van der Waals surface area (Å²) in [6, 6.07) is 6.32. The normalized spacial score (nSPS) is 14.5. The van der Waals surface area contributed by atoms with E-state index in [1.54, 1.807) is 0 Å². The molecule has 0 aromatic heterocycles. The van der Waals surface area contributed by atoms with Crippen LogP contribution in [-0.2, 0) is 27.7 Å². The van der Waals surface area contributed by atoms with Crippen molar-refractivity contribution in [3.8, 4) is 0 Å². The van der Waals surface area contributed by atoms with E-state index in [0.717, 1.165) is 16.7 Å². The summed E-state index contributed by atoms with van der Waals surface area (Å²) in [6.45, 7) is 27.4. The van der Waals surface area contributed by atoms with Gasteiger partial charge in [-0.1, -0.05) is 59.7 Å². The summed E-state index contributed by atoms with van der Waals surface area (Å²) in [5.41, 5.74) is 2.24. The summed E-state index contributed by atoms with van der Waals surface area (Å²) >= 11 is 0. The molecule has 0 spiro atoms. The van der Waals surface area contributed by atoms with Crippen molar-refractivity contribution < 1.29 is 14.0 Å². The first kappa shape index (κ1) is 25.6. The molecule has 0 heterocycles. The third-order valence-corrected chi connectivity index (χ3v) is 15.5. The van der Waals surface area contributed by atoms with Gasteiger partial charge >= 0.3 is 0 Å². The number of hydrogen-bond acceptors (Lipinski definition) is 3. The van der Waals surface area contributed by atoms with Gasteiger partial charge in [0, 0.05) is 0 Å². The van der Waals surface area contributed by atoms with Gasteiger partial charge in [-0.25, -0.2) is 0 Å². The molecule has 0 saturated carbocycles. The lowest BCUT2D eigenvalue weighted by molar-refractivity contribution is 0.0782. The summed E-state index contributed by atoms with van der Waals surface area (Å²) in [5, 5.41) is 10.9. The molecule has 28 heavy (non-hydrogen) atoms. The predicted octanol–water partition coefficient (Wildman–Crippen LogP) is 6.96. The molecule has 0 radical (unpaired) electrons. The van der Waals surface area contributed by atoms with E-state index in [9.17, 15) is 5.11 Å². The molecule has 0 aliphatic heterocycles. The third-order valence-electron chi connectivity index (χ3n) is 6.57. The highest BCUT2D eigenvalue weighted by Gasteiger charge is 2.38. The minimum Gasteiger partial charge on any atom is -0.413 e. The highest BCUT2D eigenvalue weighted by Crippen LogP contribution is 2.38. The van der Waals surface area contributed by atoms with Crippen molar-refractivity contribution in [2.75, 3.05) is 0 Å². The molecule has 0 saturated heterocycles. The van der Waals surface area contributed by atoms with E-state index in [0.29, 0.717) is 13.2 Å². The van der Waals surface area contributed by atoms with Crippen LogP contribution in [0, 0.1) is 0 Å². The number of rotatable bonds is 7. The molecular weight excluding hydrogens is 380 g/mol. The van der Waals surface area contributed by atoms with E-state index in [2.05, 4.69) is 85.9 Å². The highest BCUT2D eigenvalue weighted by atomic mass is 28.4. The minimum absolute atomic E-state index is 0.176. The Bertz CT molecular complexity index is 612. The smallest absolute Gasteiger partial charge is 0.192 e. The first-order chi connectivity index (χ1) is 12.3. The molecule has 1 N–H and O–H groups in total. The average molecular weight is 425 g/mol. The van der Waals surface area contributed by atoms with Crippen molar-refractivity contribution in [3.63, 3.8) is 0 Å². The van der Waals surface area contributed by atoms with Crippen LogP contribution in [0.25, 0.3) is 0 Å². The van der Waals surface area contributed by atoms with Crippen molar-refractivity contribution in [3.05, 3.63) is 34.9 Å². The van der Waals surface area contributed by atoms with E-state index in [1.807, 2.05) is 13.8 Å². The van der Waals surface area contributed by atoms with Crippen LogP contribution in [0.4, 0.5) is 0 Å². The van der Waals surface area contributed by atoms with Crippen LogP contribution >= 0.6 is 0 Å². The zero-order valence-electron chi connectivity index (χ0n) is 20.4. The van der Waals surface area contributed by atoms with Gasteiger partial charge in [0.2, 0.25) is 0 Å². The summed E-state index contributed by atoms with van der Waals surface area (Å²) in [6.07, 6.45) is 0. The van der Waals surface area contributed by atoms with E-state index >= 15 is 0 Å². The van der Waals surface area contributed by atoms with Gasteiger partial charge in [0.05, 0.1) is 18.8 Å². The van der Waals surface area contributed by atoms with E-state index in [1.165, 1.54) is 0 Å². The molecule has 3 nitrogen and oxygen atoms in total. The lowest BCUT2D eigenvalue weighted by Gasteiger charge is -2.37. The maximum Gasteiger partial charge on any atom is 0.192 e. The Labute approximate surface area is 176 Å². The maximum atomic E-state index is 10.6. The van der Waals surface area contributed by atoms with Crippen LogP contribution in [0.3, 0.4) is 0 Å². The second kappa shape index (κ2) is 8.34. The van der Waals surface area contributed by atoms with E-state index in [4.69, 9.17) is 8.85 Å². The van der Waals surface area contributed by atoms with Crippen molar-refractivity contribution >= 4 is 16.6 Å². The van der Waals surface area contributed by atoms with E-state index in [-0.39, 0.29) is 10.1 Å². The van der Waals surface area contributed by atoms with Crippen LogP contribution in [0.1, 0.15) is 72.1 Å². The Morgan fingerprint density at radius 2 is 1.00 bits per heavy atom. The van der Waals surface area contributed by atoms with Gasteiger partial charge in [-0.2, -0.15) is 0 Å². The highest BCUT2D eigenvalue weighted by molar-refractivity contribution is 6.74. The first-order valence-corrected chi connectivity index (χ1v) is 16.2. The van der Waals surface area contributed by atoms with Crippen molar-refractivity contribution in [1.82, 2.24) is 0 Å². The topological polar surface area (TPSA) is 38.7 Å². The fourth-order valence-corrected chi connectivity index (χ4v) is 4.16. The van der Waals surface area contributed by atoms with Gasteiger partial charge in [0.25, 0.3) is 0 Å². The van der Waals surface area contributed by atoms with Crippen molar-refractivity contribution in [2.24, 2.45) is 0 Å². The third kappa shape index (κ3) is 6.80.